The highest BCUT2D eigenvalue weighted by Crippen LogP contribution is 2.12. The van der Waals surface area contributed by atoms with Gasteiger partial charge in [-0.1, -0.05) is 0 Å². The van der Waals surface area contributed by atoms with Crippen molar-refractivity contribution in [2.45, 2.75) is 31.8 Å². The molecule has 17 heavy (non-hydrogen) atoms. The van der Waals surface area contributed by atoms with Crippen LogP contribution in [0.5, 0.6) is 0 Å². The zero-order valence-corrected chi connectivity index (χ0v) is 11.9. The normalized spacial score (nSPS) is 24.2. The highest BCUT2D eigenvalue weighted by molar-refractivity contribution is 4.78. The van der Waals surface area contributed by atoms with Crippen molar-refractivity contribution in [2.75, 3.05) is 54.0 Å². The van der Waals surface area contributed by atoms with E-state index in [0.29, 0.717) is 6.04 Å². The van der Waals surface area contributed by atoms with Crippen molar-refractivity contribution in [3.63, 3.8) is 0 Å². The predicted molar refractivity (Wildman–Crippen MR) is 72.5 cm³/mol. The SMILES string of the molecule is COCC(C)NCCN(C)C1CCCN(C)C1. The van der Waals surface area contributed by atoms with Gasteiger partial charge >= 0.3 is 0 Å². The summed E-state index contributed by atoms with van der Waals surface area (Å²) in [5, 5.41) is 3.48. The lowest BCUT2D eigenvalue weighted by molar-refractivity contribution is 0.130. The van der Waals surface area contributed by atoms with E-state index in [2.05, 4.69) is 36.1 Å². The third kappa shape index (κ3) is 5.82. The number of likely N-dealkylation sites (N-methyl/N-ethyl adjacent to an activating group) is 2. The Bertz CT molecular complexity index is 201. The Balaban J connectivity index is 2.13. The molecule has 0 aliphatic carbocycles. The number of rotatable bonds is 7. The molecule has 4 heteroatoms. The minimum atomic E-state index is 0.447. The van der Waals surface area contributed by atoms with Crippen molar-refractivity contribution in [2.24, 2.45) is 0 Å². The van der Waals surface area contributed by atoms with Crippen LogP contribution in [0.3, 0.4) is 0 Å². The summed E-state index contributed by atoms with van der Waals surface area (Å²) in [5.74, 6) is 0. The van der Waals surface area contributed by atoms with Crippen LogP contribution >= 0.6 is 0 Å². The van der Waals surface area contributed by atoms with E-state index in [9.17, 15) is 0 Å². The van der Waals surface area contributed by atoms with E-state index in [-0.39, 0.29) is 0 Å². The van der Waals surface area contributed by atoms with Crippen LogP contribution in [0.1, 0.15) is 19.8 Å². The minimum Gasteiger partial charge on any atom is -0.383 e. The summed E-state index contributed by atoms with van der Waals surface area (Å²) < 4.78 is 5.11. The van der Waals surface area contributed by atoms with E-state index in [1.807, 2.05) is 0 Å². The molecule has 0 radical (unpaired) electrons. The molecule has 2 unspecified atom stereocenters. The molecular weight excluding hydrogens is 214 g/mol. The lowest BCUT2D eigenvalue weighted by atomic mass is 10.1. The molecule has 1 saturated heterocycles. The zero-order chi connectivity index (χ0) is 12.7. The van der Waals surface area contributed by atoms with E-state index in [4.69, 9.17) is 4.74 Å². The molecule has 1 aliphatic heterocycles. The number of hydrogen-bond donors (Lipinski definition) is 1. The monoisotopic (exact) mass is 243 g/mol. The summed E-state index contributed by atoms with van der Waals surface area (Å²) in [4.78, 5) is 4.92. The Morgan fingerprint density at radius 2 is 2.29 bits per heavy atom. The van der Waals surface area contributed by atoms with Crippen molar-refractivity contribution in [3.8, 4) is 0 Å². The first kappa shape index (κ1) is 14.9. The third-order valence-corrected chi connectivity index (χ3v) is 3.60. The lowest BCUT2D eigenvalue weighted by Crippen LogP contribution is -2.47. The van der Waals surface area contributed by atoms with Gasteiger partial charge in [-0.15, -0.1) is 0 Å². The highest BCUT2D eigenvalue weighted by atomic mass is 16.5. The molecule has 0 bridgehead atoms. The van der Waals surface area contributed by atoms with Crippen molar-refractivity contribution in [1.29, 1.82) is 0 Å². The summed E-state index contributed by atoms with van der Waals surface area (Å²) in [6, 6.07) is 1.18. The fourth-order valence-corrected chi connectivity index (χ4v) is 2.48. The second-order valence-corrected chi connectivity index (χ2v) is 5.35. The van der Waals surface area contributed by atoms with E-state index >= 15 is 0 Å². The van der Waals surface area contributed by atoms with Crippen LogP contribution in [0.25, 0.3) is 0 Å². The van der Waals surface area contributed by atoms with E-state index < -0.39 is 0 Å². The summed E-state index contributed by atoms with van der Waals surface area (Å²) >= 11 is 0. The maximum atomic E-state index is 5.11. The van der Waals surface area contributed by atoms with Gasteiger partial charge < -0.3 is 19.9 Å². The Morgan fingerprint density at radius 1 is 1.53 bits per heavy atom. The third-order valence-electron chi connectivity index (χ3n) is 3.60. The second-order valence-electron chi connectivity index (χ2n) is 5.35. The molecule has 102 valence electrons. The van der Waals surface area contributed by atoms with Crippen molar-refractivity contribution >= 4 is 0 Å². The molecule has 1 N–H and O–H groups in total. The first-order valence-corrected chi connectivity index (χ1v) is 6.74. The molecule has 0 saturated carbocycles. The lowest BCUT2D eigenvalue weighted by Gasteiger charge is -2.36. The highest BCUT2D eigenvalue weighted by Gasteiger charge is 2.20. The standard InChI is InChI=1S/C13H29N3O/c1-12(11-17-4)14-7-9-16(3)13-6-5-8-15(2)10-13/h12-14H,5-11H2,1-4H3. The number of likely N-dealkylation sites (tertiary alicyclic amines) is 1. The smallest absolute Gasteiger partial charge is 0.0613 e. The van der Waals surface area contributed by atoms with Gasteiger partial charge in [0.2, 0.25) is 0 Å². The summed E-state index contributed by atoms with van der Waals surface area (Å²) in [7, 11) is 6.22. The Labute approximate surface area is 106 Å². The molecule has 0 spiro atoms. The molecule has 1 fully saturated rings. The Morgan fingerprint density at radius 3 is 2.94 bits per heavy atom. The molecule has 4 nitrogen and oxygen atoms in total. The second kappa shape index (κ2) is 8.03. The fourth-order valence-electron chi connectivity index (χ4n) is 2.48. The van der Waals surface area contributed by atoms with Gasteiger partial charge in [0, 0.05) is 38.8 Å². The van der Waals surface area contributed by atoms with Gasteiger partial charge in [-0.3, -0.25) is 0 Å². The quantitative estimate of drug-likeness (QED) is 0.710. The van der Waals surface area contributed by atoms with Gasteiger partial charge in [0.15, 0.2) is 0 Å². The number of methoxy groups -OCH3 is 1. The fraction of sp³-hybridized carbons (Fsp3) is 1.00. The van der Waals surface area contributed by atoms with Crippen LogP contribution in [-0.2, 0) is 4.74 Å². The molecule has 1 heterocycles. The number of nitrogens with zero attached hydrogens (tertiary/aromatic N) is 2. The number of piperidine rings is 1. The van der Waals surface area contributed by atoms with Crippen LogP contribution in [0.2, 0.25) is 0 Å². The van der Waals surface area contributed by atoms with Crippen LogP contribution in [0.4, 0.5) is 0 Å². The molecule has 2 atom stereocenters. The summed E-state index contributed by atoms with van der Waals surface area (Å²) in [6.45, 7) is 7.58. The van der Waals surface area contributed by atoms with Crippen molar-refractivity contribution < 1.29 is 4.74 Å². The predicted octanol–water partition coefficient (Wildman–Crippen LogP) is 0.637. The van der Waals surface area contributed by atoms with E-state index in [1.54, 1.807) is 7.11 Å². The van der Waals surface area contributed by atoms with Crippen molar-refractivity contribution in [1.82, 2.24) is 15.1 Å². The maximum Gasteiger partial charge on any atom is 0.0613 e. The first-order chi connectivity index (χ1) is 8.13. The molecular formula is C13H29N3O. The Hall–Kier alpha value is -0.160. The summed E-state index contributed by atoms with van der Waals surface area (Å²) in [5.41, 5.74) is 0. The summed E-state index contributed by atoms with van der Waals surface area (Å²) in [6.07, 6.45) is 2.67. The van der Waals surface area contributed by atoms with Crippen LogP contribution in [-0.4, -0.2) is 75.9 Å². The zero-order valence-electron chi connectivity index (χ0n) is 11.9. The number of nitrogens with one attached hydrogen (secondary N) is 1. The molecule has 1 rings (SSSR count). The molecule has 1 aliphatic rings. The first-order valence-electron chi connectivity index (χ1n) is 6.74. The molecule has 0 amide bonds. The maximum absolute atomic E-state index is 5.11. The average Bonchev–Trinajstić information content (AvgIpc) is 2.29. The molecule has 0 aromatic heterocycles. The Kier molecular flexibility index (Phi) is 7.04. The van der Waals surface area contributed by atoms with Gasteiger partial charge in [-0.05, 0) is 40.4 Å². The average molecular weight is 243 g/mol. The van der Waals surface area contributed by atoms with Gasteiger partial charge in [-0.2, -0.15) is 0 Å². The number of ether oxygens (including phenoxy) is 1. The topological polar surface area (TPSA) is 27.7 Å². The minimum absolute atomic E-state index is 0.447. The van der Waals surface area contributed by atoms with Crippen LogP contribution in [0, 0.1) is 0 Å². The van der Waals surface area contributed by atoms with Crippen LogP contribution in [0.15, 0.2) is 0 Å². The molecule has 0 aromatic carbocycles. The van der Waals surface area contributed by atoms with E-state index in [0.717, 1.165) is 25.7 Å². The van der Waals surface area contributed by atoms with Crippen LogP contribution < -0.4 is 5.32 Å². The van der Waals surface area contributed by atoms with Gasteiger partial charge in [0.05, 0.1) is 6.61 Å². The van der Waals surface area contributed by atoms with Gasteiger partial charge in [0.25, 0.3) is 0 Å². The van der Waals surface area contributed by atoms with E-state index in [1.165, 1.54) is 25.9 Å². The molecule has 0 aromatic rings. The van der Waals surface area contributed by atoms with Gasteiger partial charge in [-0.25, -0.2) is 0 Å². The van der Waals surface area contributed by atoms with Crippen molar-refractivity contribution in [3.05, 3.63) is 0 Å². The van der Waals surface area contributed by atoms with Gasteiger partial charge in [0.1, 0.15) is 0 Å². The number of hydrogen-bond acceptors (Lipinski definition) is 4. The largest absolute Gasteiger partial charge is 0.383 e.